The van der Waals surface area contributed by atoms with Crippen LogP contribution >= 0.6 is 34.4 Å². The molecule has 0 bridgehead atoms. The van der Waals surface area contributed by atoms with Crippen LogP contribution in [0.3, 0.4) is 0 Å². The molecule has 214 valence electrons. The highest BCUT2D eigenvalue weighted by molar-refractivity contribution is 8.02. The molecule has 3 aromatic rings. The number of thiophene rings is 1. The van der Waals surface area contributed by atoms with Gasteiger partial charge in [-0.05, 0) is 71.4 Å². The van der Waals surface area contributed by atoms with Crippen molar-refractivity contribution in [1.82, 2.24) is 10.2 Å². The Morgan fingerprint density at radius 1 is 0.925 bits per heavy atom. The zero-order valence-electron chi connectivity index (χ0n) is 22.9. The van der Waals surface area contributed by atoms with Crippen molar-refractivity contribution in [3.8, 4) is 5.75 Å². The van der Waals surface area contributed by atoms with Crippen LogP contribution in [0.1, 0.15) is 70.6 Å². The lowest BCUT2D eigenvalue weighted by Gasteiger charge is -2.10. The van der Waals surface area contributed by atoms with E-state index >= 15 is 0 Å². The average molecular weight is 607 g/mol. The molecule has 2 aromatic heterocycles. The molecule has 0 saturated carbocycles. The molecule has 0 aliphatic heterocycles. The number of hydrogen-bond acceptors (Lipinski definition) is 12. The summed E-state index contributed by atoms with van der Waals surface area (Å²) in [6.45, 7) is 10.8. The van der Waals surface area contributed by atoms with Crippen LogP contribution in [0.4, 0.5) is 10.1 Å². The average Bonchev–Trinajstić information content (AvgIpc) is 3.47. The highest BCUT2D eigenvalue weighted by Gasteiger charge is 2.28. The van der Waals surface area contributed by atoms with Gasteiger partial charge in [-0.15, -0.1) is 21.5 Å². The van der Waals surface area contributed by atoms with Crippen LogP contribution in [0, 0.1) is 6.92 Å². The molecule has 1 aromatic carbocycles. The zero-order valence-corrected chi connectivity index (χ0v) is 25.3. The van der Waals surface area contributed by atoms with Crippen molar-refractivity contribution in [2.75, 3.05) is 23.8 Å². The van der Waals surface area contributed by atoms with Crippen molar-refractivity contribution in [2.45, 2.75) is 57.2 Å². The van der Waals surface area contributed by atoms with Gasteiger partial charge in [0.05, 0.1) is 30.1 Å². The number of benzene rings is 1. The highest BCUT2D eigenvalue weighted by atomic mass is 32.2. The molecule has 0 radical (unpaired) electrons. The second-order valence-electron chi connectivity index (χ2n) is 8.47. The maximum atomic E-state index is 13.0. The third kappa shape index (κ3) is 8.02. The molecule has 11 nitrogen and oxygen atoms in total. The first-order chi connectivity index (χ1) is 19.0. The Kier molecular flexibility index (Phi) is 11.0. The molecule has 3 rings (SSSR count). The van der Waals surface area contributed by atoms with Gasteiger partial charge in [0, 0.05) is 5.56 Å². The van der Waals surface area contributed by atoms with E-state index in [0.29, 0.717) is 21.2 Å². The number of nitrogens with zero attached hydrogens (tertiary/aromatic N) is 2. The molecule has 2 N–H and O–H groups in total. The van der Waals surface area contributed by atoms with Crippen molar-refractivity contribution >= 4 is 68.3 Å². The van der Waals surface area contributed by atoms with Gasteiger partial charge in [-0.3, -0.25) is 14.9 Å². The van der Waals surface area contributed by atoms with Gasteiger partial charge in [0.15, 0.2) is 4.34 Å². The molecule has 0 aliphatic carbocycles. The van der Waals surface area contributed by atoms with Gasteiger partial charge < -0.3 is 19.5 Å². The van der Waals surface area contributed by atoms with Gasteiger partial charge in [-0.2, -0.15) is 0 Å². The van der Waals surface area contributed by atoms with Gasteiger partial charge >= 0.3 is 11.9 Å². The molecule has 2 amide bonds. The standard InChI is InChI=1S/C26H30N4O7S3/c1-7-35-23(33)18-14(5)19(24(34)36-8-2)39-22(18)27-20(31)15(6)38-26-30-29-25(40-26)28-21(32)16-9-11-17(12-10-16)37-13(3)4/h9-13,15H,7-8H2,1-6H3,(H,27,31)(H,28,29,32). The minimum Gasteiger partial charge on any atom is -0.491 e. The third-order valence-corrected chi connectivity index (χ3v) is 8.30. The molecule has 0 aliphatic rings. The number of hydrogen-bond donors (Lipinski definition) is 2. The van der Waals surface area contributed by atoms with Crippen LogP contribution in [0.15, 0.2) is 28.6 Å². The fourth-order valence-corrected chi connectivity index (χ4v) is 6.28. The van der Waals surface area contributed by atoms with Gasteiger partial charge in [-0.25, -0.2) is 9.59 Å². The van der Waals surface area contributed by atoms with E-state index in [9.17, 15) is 19.2 Å². The monoisotopic (exact) mass is 606 g/mol. The first kappa shape index (κ1) is 31.0. The van der Waals surface area contributed by atoms with Crippen molar-refractivity contribution in [2.24, 2.45) is 0 Å². The summed E-state index contributed by atoms with van der Waals surface area (Å²) in [6.07, 6.45) is 0.0255. The van der Waals surface area contributed by atoms with Crippen molar-refractivity contribution < 1.29 is 33.4 Å². The minimum atomic E-state index is -0.645. The number of amides is 2. The van der Waals surface area contributed by atoms with Gasteiger partial charge in [0.1, 0.15) is 15.6 Å². The normalized spacial score (nSPS) is 11.6. The van der Waals surface area contributed by atoms with E-state index in [1.165, 1.54) is 0 Å². The largest absolute Gasteiger partial charge is 0.491 e. The maximum Gasteiger partial charge on any atom is 0.348 e. The number of carbonyl (C=O) groups is 4. The quantitative estimate of drug-likeness (QED) is 0.156. The highest BCUT2D eigenvalue weighted by Crippen LogP contribution is 2.36. The van der Waals surface area contributed by atoms with E-state index in [-0.39, 0.29) is 45.8 Å². The maximum absolute atomic E-state index is 13.0. The Hall–Kier alpha value is -3.49. The Morgan fingerprint density at radius 3 is 2.20 bits per heavy atom. The summed E-state index contributed by atoms with van der Waals surface area (Å²) in [5.74, 6) is -1.34. The van der Waals surface area contributed by atoms with Crippen LogP contribution in [0.25, 0.3) is 0 Å². The van der Waals surface area contributed by atoms with E-state index in [1.54, 1.807) is 52.0 Å². The fraction of sp³-hybridized carbons (Fsp3) is 0.385. The number of thioether (sulfide) groups is 1. The molecular formula is C26H30N4O7S3. The van der Waals surface area contributed by atoms with E-state index in [2.05, 4.69) is 20.8 Å². The van der Waals surface area contributed by atoms with Gasteiger partial charge in [-0.1, -0.05) is 23.1 Å². The lowest BCUT2D eigenvalue weighted by molar-refractivity contribution is -0.115. The minimum absolute atomic E-state index is 0.0255. The summed E-state index contributed by atoms with van der Waals surface area (Å²) in [5.41, 5.74) is 0.924. The lowest BCUT2D eigenvalue weighted by atomic mass is 10.1. The summed E-state index contributed by atoms with van der Waals surface area (Å²) in [5, 5.41) is 13.3. The first-order valence-electron chi connectivity index (χ1n) is 12.4. The number of ether oxygens (including phenoxy) is 3. The summed E-state index contributed by atoms with van der Waals surface area (Å²) >= 11 is 3.21. The predicted molar refractivity (Wildman–Crippen MR) is 155 cm³/mol. The summed E-state index contributed by atoms with van der Waals surface area (Å²) in [4.78, 5) is 50.8. The predicted octanol–water partition coefficient (Wildman–Crippen LogP) is 5.42. The molecule has 14 heteroatoms. The summed E-state index contributed by atoms with van der Waals surface area (Å²) in [6, 6.07) is 6.74. The molecule has 0 fully saturated rings. The second kappa shape index (κ2) is 14.2. The molecule has 0 spiro atoms. The second-order valence-corrected chi connectivity index (χ2v) is 12.1. The molecular weight excluding hydrogens is 577 g/mol. The SMILES string of the molecule is CCOC(=O)c1sc(NC(=O)C(C)Sc2nnc(NC(=O)c3ccc(OC(C)C)cc3)s2)c(C(=O)OCC)c1C. The smallest absolute Gasteiger partial charge is 0.348 e. The van der Waals surface area contributed by atoms with Gasteiger partial charge in [0.25, 0.3) is 5.91 Å². The Labute approximate surface area is 244 Å². The number of anilines is 2. The Bertz CT molecular complexity index is 1370. The third-order valence-electron chi connectivity index (χ3n) is 5.09. The first-order valence-corrected chi connectivity index (χ1v) is 14.9. The summed E-state index contributed by atoms with van der Waals surface area (Å²) < 4.78 is 16.3. The van der Waals surface area contributed by atoms with E-state index in [4.69, 9.17) is 14.2 Å². The molecule has 40 heavy (non-hydrogen) atoms. The summed E-state index contributed by atoms with van der Waals surface area (Å²) in [7, 11) is 0. The lowest BCUT2D eigenvalue weighted by Crippen LogP contribution is -2.23. The van der Waals surface area contributed by atoms with E-state index in [0.717, 1.165) is 34.4 Å². The number of carbonyl (C=O) groups excluding carboxylic acids is 4. The van der Waals surface area contributed by atoms with Crippen LogP contribution in [0.5, 0.6) is 5.75 Å². The molecule has 0 saturated heterocycles. The van der Waals surface area contributed by atoms with Crippen LogP contribution in [0.2, 0.25) is 0 Å². The molecule has 1 unspecified atom stereocenters. The number of aromatic nitrogens is 2. The van der Waals surface area contributed by atoms with Crippen molar-refractivity contribution in [1.29, 1.82) is 0 Å². The topological polar surface area (TPSA) is 146 Å². The fourth-order valence-electron chi connectivity index (χ4n) is 3.29. The van der Waals surface area contributed by atoms with Crippen molar-refractivity contribution in [3.05, 3.63) is 45.8 Å². The van der Waals surface area contributed by atoms with Crippen LogP contribution < -0.4 is 15.4 Å². The van der Waals surface area contributed by atoms with Gasteiger partial charge in [0.2, 0.25) is 11.0 Å². The Morgan fingerprint density at radius 2 is 1.57 bits per heavy atom. The van der Waals surface area contributed by atoms with Crippen LogP contribution in [-0.4, -0.2) is 58.5 Å². The Balaban J connectivity index is 1.66. The van der Waals surface area contributed by atoms with E-state index in [1.807, 2.05) is 13.8 Å². The number of nitrogens with one attached hydrogen (secondary N) is 2. The van der Waals surface area contributed by atoms with Crippen molar-refractivity contribution in [3.63, 3.8) is 0 Å². The van der Waals surface area contributed by atoms with Crippen LogP contribution in [-0.2, 0) is 14.3 Å². The number of esters is 2. The molecule has 2 heterocycles. The number of rotatable bonds is 12. The van der Waals surface area contributed by atoms with E-state index < -0.39 is 23.1 Å². The zero-order chi connectivity index (χ0) is 29.4. The molecule has 1 atom stereocenters.